The smallest absolute Gasteiger partial charge is 0.159 e. The van der Waals surface area contributed by atoms with Crippen molar-refractivity contribution in [3.8, 4) is 0 Å². The average molecular weight is 292 g/mol. The number of rotatable bonds is 2. The lowest BCUT2D eigenvalue weighted by Gasteiger charge is -2.22. The first-order valence-corrected chi connectivity index (χ1v) is 7.69. The van der Waals surface area contributed by atoms with E-state index in [1.54, 1.807) is 0 Å². The standard InChI is InChI=1S/C18H20N4/c1-13-10-22-17(20-13)16-15(9-19-22)21(12-18(16,2)3)11-14-7-5-4-6-8-14/h4-10H,11-12H2,1-3H3. The van der Waals surface area contributed by atoms with E-state index in [0.29, 0.717) is 0 Å². The molecular weight excluding hydrogens is 272 g/mol. The van der Waals surface area contributed by atoms with E-state index < -0.39 is 0 Å². The van der Waals surface area contributed by atoms with Crippen LogP contribution < -0.4 is 4.90 Å². The molecule has 112 valence electrons. The van der Waals surface area contributed by atoms with Crippen LogP contribution in [0.1, 0.15) is 30.7 Å². The van der Waals surface area contributed by atoms with Crippen molar-refractivity contribution in [2.24, 2.45) is 0 Å². The van der Waals surface area contributed by atoms with Crippen molar-refractivity contribution in [1.82, 2.24) is 14.6 Å². The molecular formula is C18H20N4. The van der Waals surface area contributed by atoms with Crippen molar-refractivity contribution < 1.29 is 0 Å². The van der Waals surface area contributed by atoms with E-state index in [1.807, 2.05) is 23.8 Å². The first kappa shape index (κ1) is 13.3. The second kappa shape index (κ2) is 4.57. The fourth-order valence-electron chi connectivity index (χ4n) is 3.52. The highest BCUT2D eigenvalue weighted by Crippen LogP contribution is 2.42. The van der Waals surface area contributed by atoms with Gasteiger partial charge in [0, 0.05) is 24.1 Å². The molecule has 0 aliphatic carbocycles. The molecule has 0 saturated carbocycles. The molecule has 0 saturated heterocycles. The molecule has 4 heteroatoms. The number of aromatic nitrogens is 3. The maximum Gasteiger partial charge on any atom is 0.159 e. The fourth-order valence-corrected chi connectivity index (χ4v) is 3.52. The van der Waals surface area contributed by atoms with Gasteiger partial charge in [0.1, 0.15) is 0 Å². The number of fused-ring (bicyclic) bond motifs is 3. The van der Waals surface area contributed by atoms with Gasteiger partial charge in [-0.1, -0.05) is 44.2 Å². The van der Waals surface area contributed by atoms with Crippen molar-refractivity contribution >= 4 is 11.3 Å². The molecule has 4 nitrogen and oxygen atoms in total. The van der Waals surface area contributed by atoms with Gasteiger partial charge in [-0.15, -0.1) is 0 Å². The molecule has 0 fully saturated rings. The minimum Gasteiger partial charge on any atom is -0.365 e. The van der Waals surface area contributed by atoms with Crippen molar-refractivity contribution in [3.05, 3.63) is 59.5 Å². The van der Waals surface area contributed by atoms with Crippen LogP contribution in [0.3, 0.4) is 0 Å². The molecule has 0 N–H and O–H groups in total. The summed E-state index contributed by atoms with van der Waals surface area (Å²) in [5, 5.41) is 4.54. The van der Waals surface area contributed by atoms with Crippen LogP contribution in [0.5, 0.6) is 0 Å². The summed E-state index contributed by atoms with van der Waals surface area (Å²) in [6.45, 7) is 8.51. The van der Waals surface area contributed by atoms with Gasteiger partial charge in [0.05, 0.1) is 23.8 Å². The molecule has 4 rings (SSSR count). The number of benzene rings is 1. The lowest BCUT2D eigenvalue weighted by molar-refractivity contribution is 0.551. The summed E-state index contributed by atoms with van der Waals surface area (Å²) in [6.07, 6.45) is 3.98. The van der Waals surface area contributed by atoms with Crippen LogP contribution in [0.15, 0.2) is 42.7 Å². The van der Waals surface area contributed by atoms with Gasteiger partial charge < -0.3 is 4.90 Å². The molecule has 0 radical (unpaired) electrons. The first-order chi connectivity index (χ1) is 10.5. The number of hydrogen-bond acceptors (Lipinski definition) is 3. The molecule has 0 bridgehead atoms. The molecule has 0 atom stereocenters. The zero-order valence-electron chi connectivity index (χ0n) is 13.2. The minimum atomic E-state index is 0.0755. The molecule has 3 heterocycles. The Kier molecular flexibility index (Phi) is 2.76. The highest BCUT2D eigenvalue weighted by atomic mass is 15.3. The van der Waals surface area contributed by atoms with Crippen LogP contribution in [0.2, 0.25) is 0 Å². The Balaban J connectivity index is 1.82. The zero-order valence-corrected chi connectivity index (χ0v) is 13.2. The third-order valence-electron chi connectivity index (χ3n) is 4.41. The molecule has 1 aliphatic rings. The number of imidazole rings is 1. The fraction of sp³-hybridized carbons (Fsp3) is 0.333. The second-order valence-corrected chi connectivity index (χ2v) is 6.78. The summed E-state index contributed by atoms with van der Waals surface area (Å²) in [5.41, 5.74) is 5.93. The Labute approximate surface area is 130 Å². The average Bonchev–Trinajstić information content (AvgIpc) is 2.97. The highest BCUT2D eigenvalue weighted by molar-refractivity contribution is 5.71. The third-order valence-corrected chi connectivity index (χ3v) is 4.41. The number of hydrogen-bond donors (Lipinski definition) is 0. The Morgan fingerprint density at radius 3 is 2.73 bits per heavy atom. The Morgan fingerprint density at radius 2 is 1.95 bits per heavy atom. The Morgan fingerprint density at radius 1 is 1.18 bits per heavy atom. The molecule has 1 aliphatic heterocycles. The van der Waals surface area contributed by atoms with Crippen LogP contribution in [0.4, 0.5) is 5.69 Å². The lowest BCUT2D eigenvalue weighted by Crippen LogP contribution is -2.28. The van der Waals surface area contributed by atoms with Crippen molar-refractivity contribution in [2.45, 2.75) is 32.7 Å². The molecule has 0 unspecified atom stereocenters. The van der Waals surface area contributed by atoms with Crippen molar-refractivity contribution in [3.63, 3.8) is 0 Å². The van der Waals surface area contributed by atoms with E-state index >= 15 is 0 Å². The summed E-state index contributed by atoms with van der Waals surface area (Å²) in [7, 11) is 0. The van der Waals surface area contributed by atoms with Gasteiger partial charge in [0.25, 0.3) is 0 Å². The molecule has 22 heavy (non-hydrogen) atoms. The predicted octanol–water partition coefficient (Wildman–Crippen LogP) is 3.34. The van der Waals surface area contributed by atoms with Gasteiger partial charge in [-0.05, 0) is 12.5 Å². The molecule has 0 spiro atoms. The van der Waals surface area contributed by atoms with Crippen molar-refractivity contribution in [2.75, 3.05) is 11.4 Å². The van der Waals surface area contributed by atoms with Crippen LogP contribution in [-0.2, 0) is 12.0 Å². The third kappa shape index (κ3) is 1.98. The molecule has 0 amide bonds. The maximum atomic E-state index is 4.70. The van der Waals surface area contributed by atoms with Gasteiger partial charge in [0.2, 0.25) is 0 Å². The summed E-state index contributed by atoms with van der Waals surface area (Å²) in [6, 6.07) is 10.6. The number of anilines is 1. The van der Waals surface area contributed by atoms with Crippen molar-refractivity contribution in [1.29, 1.82) is 0 Å². The summed E-state index contributed by atoms with van der Waals surface area (Å²) >= 11 is 0. The monoisotopic (exact) mass is 292 g/mol. The maximum absolute atomic E-state index is 4.70. The van der Waals surface area contributed by atoms with Gasteiger partial charge in [-0.3, -0.25) is 0 Å². The quantitative estimate of drug-likeness (QED) is 0.726. The summed E-state index contributed by atoms with van der Waals surface area (Å²) in [4.78, 5) is 7.11. The first-order valence-electron chi connectivity index (χ1n) is 7.69. The van der Waals surface area contributed by atoms with Gasteiger partial charge in [0.15, 0.2) is 5.65 Å². The Bertz CT molecular complexity index is 833. The van der Waals surface area contributed by atoms with Gasteiger partial charge >= 0.3 is 0 Å². The number of aryl methyl sites for hydroxylation is 1. The topological polar surface area (TPSA) is 33.4 Å². The van der Waals surface area contributed by atoms with E-state index in [4.69, 9.17) is 4.98 Å². The van der Waals surface area contributed by atoms with Crippen LogP contribution in [-0.4, -0.2) is 21.1 Å². The molecule has 2 aromatic heterocycles. The van der Waals surface area contributed by atoms with E-state index in [9.17, 15) is 0 Å². The predicted molar refractivity (Wildman–Crippen MR) is 88.2 cm³/mol. The van der Waals surface area contributed by atoms with Crippen LogP contribution in [0.25, 0.3) is 5.65 Å². The largest absolute Gasteiger partial charge is 0.365 e. The van der Waals surface area contributed by atoms with Gasteiger partial charge in [-0.25, -0.2) is 9.50 Å². The second-order valence-electron chi connectivity index (χ2n) is 6.78. The van der Waals surface area contributed by atoms with Crippen LogP contribution >= 0.6 is 0 Å². The Hall–Kier alpha value is -2.36. The molecule has 1 aromatic carbocycles. The van der Waals surface area contributed by atoms with Gasteiger partial charge in [-0.2, -0.15) is 5.10 Å². The summed E-state index contributed by atoms with van der Waals surface area (Å²) in [5.74, 6) is 0. The minimum absolute atomic E-state index is 0.0755. The van der Waals surface area contributed by atoms with E-state index in [0.717, 1.165) is 24.4 Å². The zero-order chi connectivity index (χ0) is 15.3. The number of nitrogens with zero attached hydrogens (tertiary/aromatic N) is 4. The van der Waals surface area contributed by atoms with E-state index in [1.165, 1.54) is 16.8 Å². The van der Waals surface area contributed by atoms with E-state index in [-0.39, 0.29) is 5.41 Å². The molecule has 3 aromatic rings. The van der Waals surface area contributed by atoms with E-state index in [2.05, 4.69) is 54.2 Å². The highest BCUT2D eigenvalue weighted by Gasteiger charge is 2.38. The lowest BCUT2D eigenvalue weighted by atomic mass is 9.88. The normalized spacial score (nSPS) is 16.2. The van der Waals surface area contributed by atoms with Crippen LogP contribution in [0, 0.1) is 6.92 Å². The summed E-state index contributed by atoms with van der Waals surface area (Å²) < 4.78 is 1.90. The SMILES string of the molecule is Cc1cn2ncc3c(c2n1)C(C)(C)CN3Cc1ccccc1.